The molecule has 0 bridgehead atoms. The third kappa shape index (κ3) is 5.23. The molecule has 3 aromatic rings. The molecule has 13 heteroatoms. The van der Waals surface area contributed by atoms with Crippen LogP contribution in [0.25, 0.3) is 23.2 Å². The molecule has 3 rings (SSSR count). The molecule has 1 aromatic carbocycles. The van der Waals surface area contributed by atoms with E-state index >= 15 is 0 Å². The van der Waals surface area contributed by atoms with Gasteiger partial charge in [-0.1, -0.05) is 0 Å². The molecule has 0 amide bonds. The van der Waals surface area contributed by atoms with Crippen molar-refractivity contribution in [3.63, 3.8) is 0 Å². The van der Waals surface area contributed by atoms with Gasteiger partial charge in [0.15, 0.2) is 5.82 Å². The number of halogens is 6. The van der Waals surface area contributed by atoms with Gasteiger partial charge in [0, 0.05) is 35.2 Å². The Morgan fingerprint density at radius 1 is 1.06 bits per heavy atom. The lowest BCUT2D eigenvalue weighted by Gasteiger charge is -2.13. The number of aromatic nitrogens is 4. The molecule has 0 radical (unpaired) electrons. The fraction of sp³-hybridized carbons (Fsp3) is 0.211. The predicted molar refractivity (Wildman–Crippen MR) is 101 cm³/mol. The fourth-order valence-electron chi connectivity index (χ4n) is 2.69. The number of aliphatic hydroxyl groups excluding tert-OH is 1. The smallest absolute Gasteiger partial charge is 0.416 e. The van der Waals surface area contributed by atoms with E-state index in [1.54, 1.807) is 0 Å². The summed E-state index contributed by atoms with van der Waals surface area (Å²) >= 11 is 0. The molecule has 0 spiro atoms. The van der Waals surface area contributed by atoms with Gasteiger partial charge < -0.3 is 15.6 Å². The van der Waals surface area contributed by atoms with Crippen molar-refractivity contribution in [1.82, 2.24) is 19.7 Å². The van der Waals surface area contributed by atoms with Gasteiger partial charge in [-0.2, -0.15) is 26.3 Å². The van der Waals surface area contributed by atoms with Gasteiger partial charge in [0.05, 0.1) is 18.2 Å². The van der Waals surface area contributed by atoms with Crippen LogP contribution in [0.4, 0.5) is 26.3 Å². The third-order valence-electron chi connectivity index (χ3n) is 4.22. The minimum Gasteiger partial charge on any atom is -0.481 e. The van der Waals surface area contributed by atoms with E-state index in [0.717, 1.165) is 11.0 Å². The van der Waals surface area contributed by atoms with E-state index in [4.69, 9.17) is 10.5 Å². The molecule has 2 heterocycles. The second-order valence-corrected chi connectivity index (χ2v) is 6.46. The highest BCUT2D eigenvalue weighted by Crippen LogP contribution is 2.38. The molecular weight excluding hydrogens is 444 g/mol. The van der Waals surface area contributed by atoms with Crippen molar-refractivity contribution >= 4 is 11.8 Å². The highest BCUT2D eigenvalue weighted by Gasteiger charge is 2.37. The van der Waals surface area contributed by atoms with Crippen molar-refractivity contribution < 1.29 is 36.2 Å². The number of hydrogen-bond donors (Lipinski definition) is 2. The van der Waals surface area contributed by atoms with Gasteiger partial charge in [-0.25, -0.2) is 14.6 Å². The van der Waals surface area contributed by atoms with Gasteiger partial charge >= 0.3 is 12.4 Å². The largest absolute Gasteiger partial charge is 0.481 e. The van der Waals surface area contributed by atoms with Crippen molar-refractivity contribution in [2.24, 2.45) is 5.73 Å². The molecule has 0 aliphatic carbocycles. The van der Waals surface area contributed by atoms with E-state index < -0.39 is 41.1 Å². The zero-order chi connectivity index (χ0) is 23.7. The first-order chi connectivity index (χ1) is 14.9. The molecule has 0 saturated heterocycles. The van der Waals surface area contributed by atoms with Gasteiger partial charge in [0.2, 0.25) is 5.88 Å². The van der Waals surface area contributed by atoms with Crippen molar-refractivity contribution in [3.05, 3.63) is 59.5 Å². The minimum absolute atomic E-state index is 0.0138. The number of rotatable bonds is 5. The van der Waals surface area contributed by atoms with Gasteiger partial charge in [0.25, 0.3) is 0 Å². The third-order valence-corrected chi connectivity index (χ3v) is 4.22. The first-order valence-electron chi connectivity index (χ1n) is 8.75. The van der Waals surface area contributed by atoms with Gasteiger partial charge in [-0.15, -0.1) is 5.10 Å². The number of nitrogens with zero attached hydrogens (tertiary/aromatic N) is 4. The Bertz CT molecular complexity index is 1090. The fourth-order valence-corrected chi connectivity index (χ4v) is 2.69. The Labute approximate surface area is 176 Å². The van der Waals surface area contributed by atoms with Crippen LogP contribution in [-0.4, -0.2) is 38.2 Å². The zero-order valence-electron chi connectivity index (χ0n) is 16.2. The summed E-state index contributed by atoms with van der Waals surface area (Å²) in [5, 5.41) is 13.8. The van der Waals surface area contributed by atoms with Crippen LogP contribution in [0.5, 0.6) is 5.88 Å². The van der Waals surface area contributed by atoms with Crippen LogP contribution >= 0.6 is 0 Å². The number of benzene rings is 1. The number of pyridine rings is 1. The summed E-state index contributed by atoms with van der Waals surface area (Å²) in [7, 11) is 1.41. The molecule has 0 fully saturated rings. The molecule has 1 atom stereocenters. The van der Waals surface area contributed by atoms with E-state index in [2.05, 4.69) is 15.1 Å². The van der Waals surface area contributed by atoms with Crippen molar-refractivity contribution in [1.29, 1.82) is 0 Å². The molecule has 1 unspecified atom stereocenters. The summed E-state index contributed by atoms with van der Waals surface area (Å²) in [4.78, 5) is 7.75. The van der Waals surface area contributed by atoms with E-state index in [-0.39, 0.29) is 11.6 Å². The molecule has 0 saturated carbocycles. The quantitative estimate of drug-likeness (QED) is 0.446. The van der Waals surface area contributed by atoms with E-state index in [0.29, 0.717) is 23.6 Å². The normalized spacial score (nSPS) is 13.8. The Morgan fingerprint density at radius 2 is 1.69 bits per heavy atom. The number of alkyl halides is 6. The Balaban J connectivity index is 2.03. The number of aliphatic hydroxyl groups is 1. The summed E-state index contributed by atoms with van der Waals surface area (Å²) in [6.45, 7) is 0. The summed E-state index contributed by atoms with van der Waals surface area (Å²) in [5.74, 6) is -0.0933. The standard InChI is InChI=1S/C19H15F6N5O2/c1-32-15-3-2-10(7-27-15)14(16(26)31)8-30-9-28-17(29-30)11-4-12(18(20,21)22)6-13(5-11)19(23,24)25/h2-9,16,31H,26H2,1H3/b14-8+. The highest BCUT2D eigenvalue weighted by molar-refractivity contribution is 5.77. The maximum absolute atomic E-state index is 13.1. The Morgan fingerprint density at radius 3 is 2.16 bits per heavy atom. The second-order valence-electron chi connectivity index (χ2n) is 6.46. The van der Waals surface area contributed by atoms with Crippen LogP contribution in [0.2, 0.25) is 0 Å². The molecule has 7 nitrogen and oxygen atoms in total. The molecule has 0 aliphatic heterocycles. The average molecular weight is 459 g/mol. The molecule has 32 heavy (non-hydrogen) atoms. The van der Waals surface area contributed by atoms with Crippen LogP contribution in [0.15, 0.2) is 42.9 Å². The molecule has 2 aromatic heterocycles. The van der Waals surface area contributed by atoms with Crippen LogP contribution < -0.4 is 10.5 Å². The summed E-state index contributed by atoms with van der Waals surface area (Å²) in [6, 6.07) is 4.09. The lowest BCUT2D eigenvalue weighted by Crippen LogP contribution is -2.21. The van der Waals surface area contributed by atoms with Gasteiger partial charge in [-0.05, 0) is 24.3 Å². The second kappa shape index (κ2) is 8.59. The number of hydrogen-bond acceptors (Lipinski definition) is 6. The van der Waals surface area contributed by atoms with Crippen LogP contribution in [0.3, 0.4) is 0 Å². The lowest BCUT2D eigenvalue weighted by molar-refractivity contribution is -0.143. The SMILES string of the molecule is COc1ccc(/C(=C\n2cnc(-c3cc(C(F)(F)F)cc(C(F)(F)F)c3)n2)C(N)O)cn1. The van der Waals surface area contributed by atoms with Gasteiger partial charge in [0.1, 0.15) is 12.6 Å². The first-order valence-corrected chi connectivity index (χ1v) is 8.75. The average Bonchev–Trinajstić information content (AvgIpc) is 3.19. The van der Waals surface area contributed by atoms with Crippen molar-refractivity contribution in [2.75, 3.05) is 7.11 Å². The Kier molecular flexibility index (Phi) is 6.23. The monoisotopic (exact) mass is 459 g/mol. The van der Waals surface area contributed by atoms with Crippen molar-refractivity contribution in [2.45, 2.75) is 18.6 Å². The molecule has 170 valence electrons. The lowest BCUT2D eigenvalue weighted by atomic mass is 10.0. The topological polar surface area (TPSA) is 99.1 Å². The molecule has 3 N–H and O–H groups in total. The summed E-state index contributed by atoms with van der Waals surface area (Å²) in [5.41, 5.74) is 2.57. The van der Waals surface area contributed by atoms with Gasteiger partial charge in [-0.3, -0.25) is 0 Å². The number of methoxy groups -OCH3 is 1. The van der Waals surface area contributed by atoms with Crippen LogP contribution in [0.1, 0.15) is 16.7 Å². The number of nitrogens with two attached hydrogens (primary N) is 1. The highest BCUT2D eigenvalue weighted by atomic mass is 19.4. The predicted octanol–water partition coefficient (Wildman–Crippen LogP) is 3.66. The number of ether oxygens (including phenoxy) is 1. The van der Waals surface area contributed by atoms with Crippen LogP contribution in [-0.2, 0) is 12.4 Å². The zero-order valence-corrected chi connectivity index (χ0v) is 16.2. The maximum Gasteiger partial charge on any atom is 0.416 e. The van der Waals surface area contributed by atoms with Crippen molar-refractivity contribution in [3.8, 4) is 17.3 Å². The first kappa shape index (κ1) is 23.2. The maximum atomic E-state index is 13.1. The van der Waals surface area contributed by atoms with E-state index in [9.17, 15) is 31.4 Å². The summed E-state index contributed by atoms with van der Waals surface area (Å²) < 4.78 is 84.4. The summed E-state index contributed by atoms with van der Waals surface area (Å²) in [6.07, 6.45) is -7.90. The van der Waals surface area contributed by atoms with E-state index in [1.807, 2.05) is 0 Å². The molecular formula is C19H15F6N5O2. The van der Waals surface area contributed by atoms with E-state index in [1.165, 1.54) is 31.6 Å². The molecule has 0 aliphatic rings. The Hall–Kier alpha value is -3.45. The minimum atomic E-state index is -5.00. The van der Waals surface area contributed by atoms with Crippen LogP contribution in [0, 0.1) is 0 Å².